The number of benzene rings is 2. The van der Waals surface area contributed by atoms with Gasteiger partial charge in [0, 0.05) is 5.39 Å². The van der Waals surface area contributed by atoms with E-state index in [0.29, 0.717) is 5.92 Å². The van der Waals surface area contributed by atoms with Crippen LogP contribution in [-0.2, 0) is 0 Å². The highest BCUT2D eigenvalue weighted by Gasteiger charge is 2.24. The molecule has 2 heteroatoms. The predicted octanol–water partition coefficient (Wildman–Crippen LogP) is 6.20. The Morgan fingerprint density at radius 1 is 1.05 bits per heavy atom. The van der Waals surface area contributed by atoms with E-state index >= 15 is 0 Å². The standard InChI is InChI=1S/C19H25ClO/c1-13(19(2,3)4)12-17(20)15-10-11-18(21-5)16-9-7-6-8-14(15)16/h6-11,13,17H,12H2,1-5H3. The van der Waals surface area contributed by atoms with Crippen LogP contribution in [0.4, 0.5) is 0 Å². The van der Waals surface area contributed by atoms with Crippen LogP contribution in [0.1, 0.15) is 45.1 Å². The molecule has 0 bridgehead atoms. The summed E-state index contributed by atoms with van der Waals surface area (Å²) >= 11 is 6.74. The lowest BCUT2D eigenvalue weighted by atomic mass is 9.78. The van der Waals surface area contributed by atoms with Crippen molar-refractivity contribution in [1.82, 2.24) is 0 Å². The molecule has 0 amide bonds. The summed E-state index contributed by atoms with van der Waals surface area (Å²) in [5, 5.41) is 2.35. The number of methoxy groups -OCH3 is 1. The van der Waals surface area contributed by atoms with Gasteiger partial charge < -0.3 is 4.74 Å². The van der Waals surface area contributed by atoms with Crippen LogP contribution in [0.5, 0.6) is 5.75 Å². The summed E-state index contributed by atoms with van der Waals surface area (Å²) in [6, 6.07) is 12.4. The molecular formula is C19H25ClO. The highest BCUT2D eigenvalue weighted by Crippen LogP contribution is 2.40. The number of fused-ring (bicyclic) bond motifs is 1. The predicted molar refractivity (Wildman–Crippen MR) is 92.3 cm³/mol. The number of rotatable bonds is 4. The summed E-state index contributed by atoms with van der Waals surface area (Å²) in [4.78, 5) is 0. The second kappa shape index (κ2) is 6.27. The first-order chi connectivity index (χ1) is 9.84. The SMILES string of the molecule is COc1ccc(C(Cl)CC(C)C(C)(C)C)c2ccccc12. The Morgan fingerprint density at radius 2 is 1.67 bits per heavy atom. The molecule has 2 unspecified atom stereocenters. The minimum absolute atomic E-state index is 0.0232. The van der Waals surface area contributed by atoms with E-state index in [-0.39, 0.29) is 10.8 Å². The monoisotopic (exact) mass is 304 g/mol. The summed E-state index contributed by atoms with van der Waals surface area (Å²) < 4.78 is 5.45. The number of hydrogen-bond acceptors (Lipinski definition) is 1. The van der Waals surface area contributed by atoms with Crippen molar-refractivity contribution < 1.29 is 4.74 Å². The number of alkyl halides is 1. The normalized spacial score (nSPS) is 15.0. The fourth-order valence-corrected chi connectivity index (χ4v) is 2.99. The van der Waals surface area contributed by atoms with Crippen LogP contribution in [0.3, 0.4) is 0 Å². The lowest BCUT2D eigenvalue weighted by Gasteiger charge is -2.29. The first-order valence-corrected chi connectivity index (χ1v) is 7.98. The van der Waals surface area contributed by atoms with Gasteiger partial charge in [0.25, 0.3) is 0 Å². The lowest BCUT2D eigenvalue weighted by Crippen LogP contribution is -2.18. The van der Waals surface area contributed by atoms with Crippen molar-refractivity contribution in [1.29, 1.82) is 0 Å². The molecule has 0 saturated heterocycles. The van der Waals surface area contributed by atoms with Gasteiger partial charge in [0.2, 0.25) is 0 Å². The van der Waals surface area contributed by atoms with E-state index in [1.807, 2.05) is 12.1 Å². The molecule has 0 aromatic heterocycles. The third-order valence-electron chi connectivity index (χ3n) is 4.51. The third-order valence-corrected chi connectivity index (χ3v) is 4.93. The molecule has 21 heavy (non-hydrogen) atoms. The summed E-state index contributed by atoms with van der Waals surface area (Å²) in [7, 11) is 1.71. The highest BCUT2D eigenvalue weighted by molar-refractivity contribution is 6.22. The van der Waals surface area contributed by atoms with Gasteiger partial charge in [0.15, 0.2) is 0 Å². The second-order valence-corrected chi connectivity index (χ2v) is 7.40. The minimum atomic E-state index is 0.0232. The smallest absolute Gasteiger partial charge is 0.126 e. The van der Waals surface area contributed by atoms with Gasteiger partial charge in [0.05, 0.1) is 12.5 Å². The van der Waals surface area contributed by atoms with Gasteiger partial charge in [-0.05, 0) is 34.8 Å². The van der Waals surface area contributed by atoms with Gasteiger partial charge in [-0.2, -0.15) is 0 Å². The van der Waals surface area contributed by atoms with Crippen LogP contribution in [0.2, 0.25) is 0 Å². The van der Waals surface area contributed by atoms with Crippen molar-refractivity contribution in [3.63, 3.8) is 0 Å². The average Bonchev–Trinajstić information content (AvgIpc) is 2.44. The minimum Gasteiger partial charge on any atom is -0.496 e. The molecule has 2 aromatic rings. The Balaban J connectivity index is 2.38. The van der Waals surface area contributed by atoms with Crippen LogP contribution in [0.15, 0.2) is 36.4 Å². The molecule has 2 rings (SSSR count). The number of ether oxygens (including phenoxy) is 1. The molecular weight excluding hydrogens is 280 g/mol. The van der Waals surface area contributed by atoms with Crippen molar-refractivity contribution in [2.45, 2.75) is 39.5 Å². The Bertz CT molecular complexity index is 612. The summed E-state index contributed by atoms with van der Waals surface area (Å²) in [5.41, 5.74) is 1.47. The molecule has 0 fully saturated rings. The second-order valence-electron chi connectivity index (χ2n) is 6.87. The summed E-state index contributed by atoms with van der Waals surface area (Å²) in [5.74, 6) is 1.46. The Morgan fingerprint density at radius 3 is 2.24 bits per heavy atom. The topological polar surface area (TPSA) is 9.23 Å². The Hall–Kier alpha value is -1.21. The van der Waals surface area contributed by atoms with Gasteiger partial charge >= 0.3 is 0 Å². The number of hydrogen-bond donors (Lipinski definition) is 0. The van der Waals surface area contributed by atoms with Crippen LogP contribution in [0.25, 0.3) is 10.8 Å². The van der Waals surface area contributed by atoms with E-state index < -0.39 is 0 Å². The van der Waals surface area contributed by atoms with Gasteiger partial charge in [-0.25, -0.2) is 0 Å². The van der Waals surface area contributed by atoms with E-state index in [1.54, 1.807) is 7.11 Å². The average molecular weight is 305 g/mol. The molecule has 0 N–H and O–H groups in total. The molecule has 0 saturated carbocycles. The van der Waals surface area contributed by atoms with Crippen LogP contribution >= 0.6 is 11.6 Å². The molecule has 0 spiro atoms. The van der Waals surface area contributed by atoms with E-state index in [1.165, 1.54) is 10.9 Å². The zero-order chi connectivity index (χ0) is 15.6. The van der Waals surface area contributed by atoms with Crippen molar-refractivity contribution in [2.24, 2.45) is 11.3 Å². The van der Waals surface area contributed by atoms with Crippen LogP contribution in [0, 0.1) is 11.3 Å². The maximum Gasteiger partial charge on any atom is 0.126 e. The van der Waals surface area contributed by atoms with E-state index in [4.69, 9.17) is 16.3 Å². The zero-order valence-corrected chi connectivity index (χ0v) is 14.4. The van der Waals surface area contributed by atoms with Crippen molar-refractivity contribution in [2.75, 3.05) is 7.11 Å². The van der Waals surface area contributed by atoms with Gasteiger partial charge in [-0.1, -0.05) is 58.0 Å². The maximum absolute atomic E-state index is 6.74. The first-order valence-electron chi connectivity index (χ1n) is 7.54. The molecule has 114 valence electrons. The van der Waals surface area contributed by atoms with Gasteiger partial charge in [-0.15, -0.1) is 11.6 Å². The Labute approximate surface area is 133 Å². The van der Waals surface area contributed by atoms with Gasteiger partial charge in [0.1, 0.15) is 5.75 Å². The molecule has 0 aliphatic carbocycles. The van der Waals surface area contributed by atoms with Crippen molar-refractivity contribution >= 4 is 22.4 Å². The lowest BCUT2D eigenvalue weighted by molar-refractivity contribution is 0.245. The zero-order valence-electron chi connectivity index (χ0n) is 13.6. The fraction of sp³-hybridized carbons (Fsp3) is 0.474. The van der Waals surface area contributed by atoms with E-state index in [2.05, 4.69) is 52.0 Å². The summed E-state index contributed by atoms with van der Waals surface area (Å²) in [6.07, 6.45) is 0.974. The quantitative estimate of drug-likeness (QED) is 0.611. The molecule has 0 aliphatic heterocycles. The molecule has 2 atom stereocenters. The van der Waals surface area contributed by atoms with Crippen LogP contribution < -0.4 is 4.74 Å². The molecule has 1 nitrogen and oxygen atoms in total. The van der Waals surface area contributed by atoms with E-state index in [0.717, 1.165) is 17.6 Å². The first kappa shape index (κ1) is 16.2. The van der Waals surface area contributed by atoms with Crippen LogP contribution in [-0.4, -0.2) is 7.11 Å². The van der Waals surface area contributed by atoms with E-state index in [9.17, 15) is 0 Å². The molecule has 2 aromatic carbocycles. The van der Waals surface area contributed by atoms with Gasteiger partial charge in [-0.3, -0.25) is 0 Å². The fourth-order valence-electron chi connectivity index (χ4n) is 2.54. The largest absolute Gasteiger partial charge is 0.496 e. The maximum atomic E-state index is 6.74. The molecule has 0 radical (unpaired) electrons. The Kier molecular flexibility index (Phi) is 4.83. The molecule has 0 heterocycles. The molecule has 0 aliphatic rings. The summed E-state index contributed by atoms with van der Waals surface area (Å²) in [6.45, 7) is 9.09. The van der Waals surface area contributed by atoms with Crippen molar-refractivity contribution in [3.8, 4) is 5.75 Å². The number of halogens is 1. The van der Waals surface area contributed by atoms with Crippen molar-refractivity contribution in [3.05, 3.63) is 42.0 Å². The third kappa shape index (κ3) is 3.52. The highest BCUT2D eigenvalue weighted by atomic mass is 35.5.